The standard InChI is InChI=1S/C25H17FO5/c1-28-22-7-3-5-16-11-23(31-25(16)22)20-13-24(27)30-21-9-8-18(12-19(20)21)29-14-15-4-2-6-17(26)10-15/h2-13H,14H2,1H3. The number of benzene rings is 3. The van der Waals surface area contributed by atoms with E-state index in [4.69, 9.17) is 18.3 Å². The minimum atomic E-state index is -0.483. The van der Waals surface area contributed by atoms with Crippen LogP contribution >= 0.6 is 0 Å². The van der Waals surface area contributed by atoms with Crippen LogP contribution in [-0.2, 0) is 6.61 Å². The summed E-state index contributed by atoms with van der Waals surface area (Å²) < 4.78 is 36.0. The summed E-state index contributed by atoms with van der Waals surface area (Å²) in [5, 5.41) is 1.52. The van der Waals surface area contributed by atoms with E-state index < -0.39 is 5.63 Å². The molecule has 0 saturated carbocycles. The summed E-state index contributed by atoms with van der Waals surface area (Å²) in [6, 6.07) is 20.2. The molecule has 0 atom stereocenters. The van der Waals surface area contributed by atoms with Gasteiger partial charge in [-0.2, -0.15) is 0 Å². The molecule has 2 heterocycles. The smallest absolute Gasteiger partial charge is 0.336 e. The predicted octanol–water partition coefficient (Wildman–Crippen LogP) is 5.93. The van der Waals surface area contributed by atoms with Crippen molar-refractivity contribution in [3.05, 3.63) is 94.6 Å². The van der Waals surface area contributed by atoms with Gasteiger partial charge in [0.2, 0.25) is 0 Å². The first-order valence-corrected chi connectivity index (χ1v) is 9.63. The molecule has 3 aromatic carbocycles. The van der Waals surface area contributed by atoms with Crippen molar-refractivity contribution in [3.8, 4) is 22.8 Å². The number of halogens is 1. The lowest BCUT2D eigenvalue weighted by atomic mass is 10.1. The zero-order valence-corrected chi connectivity index (χ0v) is 16.6. The van der Waals surface area contributed by atoms with Gasteiger partial charge in [0.15, 0.2) is 11.3 Å². The molecule has 154 valence electrons. The van der Waals surface area contributed by atoms with Gasteiger partial charge in [-0.05, 0) is 48.0 Å². The van der Waals surface area contributed by atoms with Gasteiger partial charge in [0, 0.05) is 22.4 Å². The third-order valence-electron chi connectivity index (χ3n) is 5.00. The first kappa shape index (κ1) is 18.9. The van der Waals surface area contributed by atoms with Gasteiger partial charge in [0.05, 0.1) is 7.11 Å². The Balaban J connectivity index is 1.58. The minimum absolute atomic E-state index is 0.206. The van der Waals surface area contributed by atoms with Crippen LogP contribution in [0.4, 0.5) is 4.39 Å². The highest BCUT2D eigenvalue weighted by atomic mass is 19.1. The number of ether oxygens (including phenoxy) is 2. The van der Waals surface area contributed by atoms with Gasteiger partial charge in [-0.15, -0.1) is 0 Å². The lowest BCUT2D eigenvalue weighted by molar-refractivity contribution is 0.306. The van der Waals surface area contributed by atoms with Gasteiger partial charge in [0.25, 0.3) is 0 Å². The van der Waals surface area contributed by atoms with E-state index in [2.05, 4.69) is 0 Å². The highest BCUT2D eigenvalue weighted by Crippen LogP contribution is 2.36. The Morgan fingerprint density at radius 3 is 2.65 bits per heavy atom. The molecule has 0 bridgehead atoms. The van der Waals surface area contributed by atoms with E-state index in [0.717, 1.165) is 5.39 Å². The minimum Gasteiger partial charge on any atom is -0.493 e. The quantitative estimate of drug-likeness (QED) is 0.332. The fourth-order valence-corrected chi connectivity index (χ4v) is 3.56. The average Bonchev–Trinajstić information content (AvgIpc) is 3.21. The number of rotatable bonds is 5. The number of fused-ring (bicyclic) bond motifs is 2. The number of hydrogen-bond donors (Lipinski definition) is 0. The van der Waals surface area contributed by atoms with Crippen molar-refractivity contribution in [2.24, 2.45) is 0 Å². The van der Waals surface area contributed by atoms with Gasteiger partial charge < -0.3 is 18.3 Å². The Kier molecular flexibility index (Phi) is 4.67. The second-order valence-corrected chi connectivity index (χ2v) is 7.04. The van der Waals surface area contributed by atoms with Crippen molar-refractivity contribution in [3.63, 3.8) is 0 Å². The van der Waals surface area contributed by atoms with Crippen LogP contribution in [0, 0.1) is 5.82 Å². The van der Waals surface area contributed by atoms with Crippen molar-refractivity contribution in [2.45, 2.75) is 6.61 Å². The highest BCUT2D eigenvalue weighted by molar-refractivity contribution is 5.96. The van der Waals surface area contributed by atoms with Crippen LogP contribution in [0.1, 0.15) is 5.56 Å². The van der Waals surface area contributed by atoms with Crippen LogP contribution in [0.3, 0.4) is 0 Å². The second-order valence-electron chi connectivity index (χ2n) is 7.04. The average molecular weight is 416 g/mol. The fraction of sp³-hybridized carbons (Fsp3) is 0.0800. The maximum absolute atomic E-state index is 13.4. The fourth-order valence-electron chi connectivity index (χ4n) is 3.56. The van der Waals surface area contributed by atoms with Crippen molar-refractivity contribution in [1.82, 2.24) is 0 Å². The van der Waals surface area contributed by atoms with Crippen LogP contribution in [0.2, 0.25) is 0 Å². The summed E-state index contributed by atoms with van der Waals surface area (Å²) >= 11 is 0. The molecule has 0 spiro atoms. The van der Waals surface area contributed by atoms with Crippen molar-refractivity contribution in [2.75, 3.05) is 7.11 Å². The topological polar surface area (TPSA) is 61.8 Å². The van der Waals surface area contributed by atoms with Crippen LogP contribution in [-0.4, -0.2) is 7.11 Å². The molecule has 0 N–H and O–H groups in total. The van der Waals surface area contributed by atoms with E-state index in [-0.39, 0.29) is 12.4 Å². The monoisotopic (exact) mass is 416 g/mol. The van der Waals surface area contributed by atoms with E-state index in [1.165, 1.54) is 18.2 Å². The molecule has 0 aliphatic rings. The zero-order valence-electron chi connectivity index (χ0n) is 16.6. The zero-order chi connectivity index (χ0) is 21.4. The first-order valence-electron chi connectivity index (χ1n) is 9.63. The van der Waals surface area contributed by atoms with Gasteiger partial charge in [-0.1, -0.05) is 24.3 Å². The lowest BCUT2D eigenvalue weighted by Crippen LogP contribution is -1.99. The number of para-hydroxylation sites is 1. The van der Waals surface area contributed by atoms with Gasteiger partial charge in [-0.25, -0.2) is 9.18 Å². The van der Waals surface area contributed by atoms with Crippen LogP contribution < -0.4 is 15.1 Å². The highest BCUT2D eigenvalue weighted by Gasteiger charge is 2.15. The molecule has 0 aliphatic heterocycles. The maximum Gasteiger partial charge on any atom is 0.336 e. The molecule has 31 heavy (non-hydrogen) atoms. The number of methoxy groups -OCH3 is 1. The number of furan rings is 1. The third kappa shape index (κ3) is 3.64. The Labute approximate surface area is 176 Å². The summed E-state index contributed by atoms with van der Waals surface area (Å²) in [4.78, 5) is 12.1. The second kappa shape index (κ2) is 7.65. The molecular weight excluding hydrogens is 399 g/mol. The van der Waals surface area contributed by atoms with Crippen LogP contribution in [0.15, 0.2) is 86.4 Å². The summed E-state index contributed by atoms with van der Waals surface area (Å²) in [6.45, 7) is 0.206. The molecule has 0 amide bonds. The van der Waals surface area contributed by atoms with Gasteiger partial charge in [-0.3, -0.25) is 0 Å². The van der Waals surface area contributed by atoms with E-state index in [9.17, 15) is 9.18 Å². The summed E-state index contributed by atoms with van der Waals surface area (Å²) in [6.07, 6.45) is 0. The molecule has 0 fully saturated rings. The molecule has 2 aromatic heterocycles. The van der Waals surface area contributed by atoms with E-state index in [0.29, 0.717) is 44.9 Å². The molecule has 6 heteroatoms. The normalized spacial score (nSPS) is 11.2. The van der Waals surface area contributed by atoms with Crippen molar-refractivity contribution >= 4 is 21.9 Å². The van der Waals surface area contributed by atoms with E-state index in [1.807, 2.05) is 24.3 Å². The van der Waals surface area contributed by atoms with Crippen LogP contribution in [0.25, 0.3) is 33.3 Å². The third-order valence-corrected chi connectivity index (χ3v) is 5.00. The van der Waals surface area contributed by atoms with Crippen LogP contribution in [0.5, 0.6) is 11.5 Å². The molecule has 5 aromatic rings. The Bertz CT molecular complexity index is 1460. The lowest BCUT2D eigenvalue weighted by Gasteiger charge is -2.09. The molecule has 0 aliphatic carbocycles. The summed E-state index contributed by atoms with van der Waals surface area (Å²) in [7, 11) is 1.58. The Morgan fingerprint density at radius 2 is 1.81 bits per heavy atom. The van der Waals surface area contributed by atoms with Gasteiger partial charge in [0.1, 0.15) is 29.5 Å². The maximum atomic E-state index is 13.4. The summed E-state index contributed by atoms with van der Waals surface area (Å²) in [5.41, 5.74) is 1.82. The molecular formula is C25H17FO5. The number of hydrogen-bond acceptors (Lipinski definition) is 5. The largest absolute Gasteiger partial charge is 0.493 e. The molecule has 0 unspecified atom stereocenters. The summed E-state index contributed by atoms with van der Waals surface area (Å²) in [5.74, 6) is 1.36. The van der Waals surface area contributed by atoms with Gasteiger partial charge >= 0.3 is 5.63 Å². The molecule has 0 radical (unpaired) electrons. The van der Waals surface area contributed by atoms with Crippen molar-refractivity contribution < 1.29 is 22.7 Å². The SMILES string of the molecule is COc1cccc2cc(-c3cc(=O)oc4ccc(OCc5cccc(F)c5)cc34)oc12. The Hall–Kier alpha value is -4.06. The van der Waals surface area contributed by atoms with E-state index >= 15 is 0 Å². The predicted molar refractivity (Wildman–Crippen MR) is 115 cm³/mol. The molecule has 5 rings (SSSR count). The Morgan fingerprint density at radius 1 is 0.935 bits per heavy atom. The van der Waals surface area contributed by atoms with Crippen molar-refractivity contribution in [1.29, 1.82) is 0 Å². The molecule has 0 saturated heterocycles. The van der Waals surface area contributed by atoms with E-state index in [1.54, 1.807) is 37.4 Å². The molecule has 5 nitrogen and oxygen atoms in total. The first-order chi connectivity index (χ1) is 15.1.